The number of rotatable bonds is 8. The van der Waals surface area contributed by atoms with Gasteiger partial charge in [0, 0.05) is 12.1 Å². The van der Waals surface area contributed by atoms with E-state index < -0.39 is 0 Å². The highest BCUT2D eigenvalue weighted by Gasteiger charge is 2.06. The Morgan fingerprint density at radius 1 is 1.29 bits per heavy atom. The van der Waals surface area contributed by atoms with Gasteiger partial charge in [-0.05, 0) is 31.6 Å². The first-order chi connectivity index (χ1) is 8.15. The summed E-state index contributed by atoms with van der Waals surface area (Å²) in [6.45, 7) is 13.8. The largest absolute Gasteiger partial charge is 0.468 e. The highest BCUT2D eigenvalue weighted by Crippen LogP contribution is 2.10. The lowest BCUT2D eigenvalue weighted by Crippen LogP contribution is -2.21. The summed E-state index contributed by atoms with van der Waals surface area (Å²) in [5, 5.41) is 3.42. The first-order valence-corrected chi connectivity index (χ1v) is 6.65. The Morgan fingerprint density at radius 2 is 2.00 bits per heavy atom. The fourth-order valence-electron chi connectivity index (χ4n) is 1.77. The first kappa shape index (κ1) is 14.3. The number of nitrogens with zero attached hydrogens (tertiary/aromatic N) is 1. The molecular weight excluding hydrogens is 212 g/mol. The number of hydrogen-bond acceptors (Lipinski definition) is 3. The average molecular weight is 238 g/mol. The number of furan rings is 1. The van der Waals surface area contributed by atoms with Crippen LogP contribution in [0, 0.1) is 5.92 Å². The zero-order chi connectivity index (χ0) is 12.7. The molecule has 0 aliphatic heterocycles. The van der Waals surface area contributed by atoms with E-state index in [0.717, 1.165) is 38.5 Å². The summed E-state index contributed by atoms with van der Waals surface area (Å²) < 4.78 is 5.57. The van der Waals surface area contributed by atoms with Crippen molar-refractivity contribution < 1.29 is 4.42 Å². The van der Waals surface area contributed by atoms with Crippen LogP contribution < -0.4 is 5.32 Å². The molecule has 98 valence electrons. The minimum Gasteiger partial charge on any atom is -0.468 e. The summed E-state index contributed by atoms with van der Waals surface area (Å²) >= 11 is 0. The van der Waals surface area contributed by atoms with Gasteiger partial charge < -0.3 is 9.73 Å². The van der Waals surface area contributed by atoms with E-state index in [2.05, 4.69) is 44.0 Å². The van der Waals surface area contributed by atoms with Crippen molar-refractivity contribution in [1.82, 2.24) is 10.2 Å². The Labute approximate surface area is 105 Å². The molecule has 0 radical (unpaired) electrons. The van der Waals surface area contributed by atoms with Crippen molar-refractivity contribution in [3.63, 3.8) is 0 Å². The lowest BCUT2D eigenvalue weighted by atomic mass is 10.2. The predicted octanol–water partition coefficient (Wildman–Crippen LogP) is 2.87. The van der Waals surface area contributed by atoms with Crippen molar-refractivity contribution in [2.75, 3.05) is 19.6 Å². The molecule has 1 aromatic heterocycles. The molecule has 3 nitrogen and oxygen atoms in total. The molecule has 1 aromatic rings. The molecule has 0 spiro atoms. The molecule has 0 aliphatic carbocycles. The van der Waals surface area contributed by atoms with E-state index >= 15 is 0 Å². The lowest BCUT2D eigenvalue weighted by Gasteiger charge is -2.15. The van der Waals surface area contributed by atoms with E-state index in [-0.39, 0.29) is 0 Å². The smallest absolute Gasteiger partial charge is 0.118 e. The summed E-state index contributed by atoms with van der Waals surface area (Å²) in [5.41, 5.74) is 1.24. The third kappa shape index (κ3) is 5.37. The third-order valence-electron chi connectivity index (χ3n) is 2.86. The van der Waals surface area contributed by atoms with Crippen LogP contribution in [0.4, 0.5) is 0 Å². The SMILES string of the molecule is CCN(CC)Cc1cc(CNCC(C)C)co1. The third-order valence-corrected chi connectivity index (χ3v) is 2.86. The van der Waals surface area contributed by atoms with Crippen molar-refractivity contribution in [2.24, 2.45) is 5.92 Å². The molecule has 0 amide bonds. The highest BCUT2D eigenvalue weighted by atomic mass is 16.3. The molecule has 0 saturated carbocycles. The molecule has 0 aliphatic rings. The molecule has 1 heterocycles. The van der Waals surface area contributed by atoms with Crippen LogP contribution >= 0.6 is 0 Å². The van der Waals surface area contributed by atoms with E-state index in [1.807, 2.05) is 6.26 Å². The highest BCUT2D eigenvalue weighted by molar-refractivity contribution is 5.12. The predicted molar refractivity (Wildman–Crippen MR) is 71.9 cm³/mol. The summed E-state index contributed by atoms with van der Waals surface area (Å²) in [4.78, 5) is 2.35. The summed E-state index contributed by atoms with van der Waals surface area (Å²) in [7, 11) is 0. The Balaban J connectivity index is 2.37. The van der Waals surface area contributed by atoms with Crippen molar-refractivity contribution in [3.8, 4) is 0 Å². The Kier molecular flexibility index (Phi) is 6.30. The number of hydrogen-bond donors (Lipinski definition) is 1. The van der Waals surface area contributed by atoms with Gasteiger partial charge in [-0.15, -0.1) is 0 Å². The molecule has 0 fully saturated rings. The monoisotopic (exact) mass is 238 g/mol. The fourth-order valence-corrected chi connectivity index (χ4v) is 1.77. The van der Waals surface area contributed by atoms with Gasteiger partial charge in [0.05, 0.1) is 12.8 Å². The van der Waals surface area contributed by atoms with E-state index in [4.69, 9.17) is 4.42 Å². The van der Waals surface area contributed by atoms with Gasteiger partial charge in [0.2, 0.25) is 0 Å². The Morgan fingerprint density at radius 3 is 2.59 bits per heavy atom. The quantitative estimate of drug-likeness (QED) is 0.755. The van der Waals surface area contributed by atoms with Crippen molar-refractivity contribution in [3.05, 3.63) is 23.7 Å². The zero-order valence-corrected chi connectivity index (χ0v) is 11.6. The Hall–Kier alpha value is -0.800. The van der Waals surface area contributed by atoms with Gasteiger partial charge in [-0.25, -0.2) is 0 Å². The van der Waals surface area contributed by atoms with Crippen molar-refractivity contribution in [2.45, 2.75) is 40.8 Å². The van der Waals surface area contributed by atoms with Gasteiger partial charge in [0.25, 0.3) is 0 Å². The van der Waals surface area contributed by atoms with Crippen LogP contribution in [0.2, 0.25) is 0 Å². The van der Waals surface area contributed by atoms with E-state index in [1.165, 1.54) is 5.56 Å². The van der Waals surface area contributed by atoms with Gasteiger partial charge in [0.1, 0.15) is 5.76 Å². The Bertz CT molecular complexity index is 303. The summed E-state index contributed by atoms with van der Waals surface area (Å²) in [5.74, 6) is 1.76. The minimum atomic E-state index is 0.692. The van der Waals surface area contributed by atoms with Crippen LogP contribution in [-0.2, 0) is 13.1 Å². The minimum absolute atomic E-state index is 0.692. The van der Waals surface area contributed by atoms with Gasteiger partial charge in [0.15, 0.2) is 0 Å². The van der Waals surface area contributed by atoms with Crippen LogP contribution in [0.5, 0.6) is 0 Å². The molecule has 0 bridgehead atoms. The second-order valence-electron chi connectivity index (χ2n) is 4.91. The van der Waals surface area contributed by atoms with Crippen molar-refractivity contribution >= 4 is 0 Å². The van der Waals surface area contributed by atoms with Crippen LogP contribution in [0.25, 0.3) is 0 Å². The molecular formula is C14H26N2O. The second-order valence-corrected chi connectivity index (χ2v) is 4.91. The molecule has 0 aromatic carbocycles. The maximum absolute atomic E-state index is 5.57. The standard InChI is InChI=1S/C14H26N2O/c1-5-16(6-2)10-14-7-13(11-17-14)9-15-8-12(3)4/h7,11-12,15H,5-6,8-10H2,1-4H3. The maximum Gasteiger partial charge on any atom is 0.118 e. The van der Waals surface area contributed by atoms with E-state index in [1.54, 1.807) is 0 Å². The van der Waals surface area contributed by atoms with Crippen LogP contribution in [-0.4, -0.2) is 24.5 Å². The second kappa shape index (κ2) is 7.51. The molecule has 1 N–H and O–H groups in total. The van der Waals surface area contributed by atoms with Crippen LogP contribution in [0.15, 0.2) is 16.7 Å². The molecule has 17 heavy (non-hydrogen) atoms. The topological polar surface area (TPSA) is 28.4 Å². The lowest BCUT2D eigenvalue weighted by molar-refractivity contribution is 0.269. The van der Waals surface area contributed by atoms with Gasteiger partial charge in [-0.2, -0.15) is 0 Å². The van der Waals surface area contributed by atoms with Crippen LogP contribution in [0.1, 0.15) is 39.0 Å². The van der Waals surface area contributed by atoms with E-state index in [9.17, 15) is 0 Å². The average Bonchev–Trinajstić information content (AvgIpc) is 2.73. The number of nitrogens with one attached hydrogen (secondary N) is 1. The normalized spacial score (nSPS) is 11.6. The summed E-state index contributed by atoms with van der Waals surface area (Å²) in [6.07, 6.45) is 1.87. The summed E-state index contributed by atoms with van der Waals surface area (Å²) in [6, 6.07) is 2.16. The van der Waals surface area contributed by atoms with Crippen LogP contribution in [0.3, 0.4) is 0 Å². The van der Waals surface area contributed by atoms with Gasteiger partial charge in [-0.1, -0.05) is 27.7 Å². The molecule has 0 saturated heterocycles. The molecule has 0 unspecified atom stereocenters. The van der Waals surface area contributed by atoms with E-state index in [0.29, 0.717) is 5.92 Å². The first-order valence-electron chi connectivity index (χ1n) is 6.65. The molecule has 3 heteroatoms. The molecule has 1 rings (SSSR count). The van der Waals surface area contributed by atoms with Gasteiger partial charge >= 0.3 is 0 Å². The van der Waals surface area contributed by atoms with Crippen molar-refractivity contribution in [1.29, 1.82) is 0 Å². The zero-order valence-electron chi connectivity index (χ0n) is 11.6. The molecule has 0 atom stereocenters. The fraction of sp³-hybridized carbons (Fsp3) is 0.714. The maximum atomic E-state index is 5.57. The van der Waals surface area contributed by atoms with Gasteiger partial charge in [-0.3, -0.25) is 4.90 Å².